The van der Waals surface area contributed by atoms with Crippen molar-refractivity contribution in [2.45, 2.75) is 26.0 Å². The maximum Gasteiger partial charge on any atom is 0.330 e. The molecule has 0 aromatic heterocycles. The van der Waals surface area contributed by atoms with E-state index >= 15 is 0 Å². The van der Waals surface area contributed by atoms with Crippen molar-refractivity contribution in [3.63, 3.8) is 0 Å². The fourth-order valence-electron chi connectivity index (χ4n) is 3.45. The van der Waals surface area contributed by atoms with E-state index in [1.807, 2.05) is 0 Å². The Bertz CT molecular complexity index is 949. The van der Waals surface area contributed by atoms with Crippen LogP contribution in [-0.2, 0) is 14.3 Å². The van der Waals surface area contributed by atoms with E-state index in [2.05, 4.69) is 0 Å². The summed E-state index contributed by atoms with van der Waals surface area (Å²) in [4.78, 5) is 53.9. The lowest BCUT2D eigenvalue weighted by molar-refractivity contribution is -0.164. The molecular formula is C23H24N2O5. The normalized spacial score (nSPS) is 15.0. The molecule has 0 bridgehead atoms. The molecular weight excluding hydrogens is 384 g/mol. The first kappa shape index (κ1) is 21.2. The number of amides is 3. The Kier molecular flexibility index (Phi) is 6.01. The number of likely N-dealkylation sites (N-methyl/N-ethyl adjacent to an activating group) is 1. The van der Waals surface area contributed by atoms with Gasteiger partial charge < -0.3 is 9.64 Å². The molecule has 0 fully saturated rings. The number of nitrogens with zero attached hydrogens (tertiary/aromatic N) is 2. The molecule has 0 radical (unpaired) electrons. The van der Waals surface area contributed by atoms with Gasteiger partial charge in [0.25, 0.3) is 17.7 Å². The van der Waals surface area contributed by atoms with Gasteiger partial charge in [-0.05, 0) is 18.1 Å². The van der Waals surface area contributed by atoms with Crippen LogP contribution in [0.3, 0.4) is 0 Å². The van der Waals surface area contributed by atoms with Crippen LogP contribution in [0.25, 0.3) is 0 Å². The Morgan fingerprint density at radius 1 is 0.867 bits per heavy atom. The quantitative estimate of drug-likeness (QED) is 0.542. The van der Waals surface area contributed by atoms with E-state index in [1.54, 1.807) is 82.5 Å². The van der Waals surface area contributed by atoms with Crippen LogP contribution in [0.2, 0.25) is 0 Å². The molecule has 1 heterocycles. The minimum atomic E-state index is -1.18. The smallest absolute Gasteiger partial charge is 0.330 e. The Morgan fingerprint density at radius 2 is 1.37 bits per heavy atom. The molecule has 2 aromatic rings. The van der Waals surface area contributed by atoms with Crippen LogP contribution in [0.5, 0.6) is 0 Å². The lowest BCUT2D eigenvalue weighted by Crippen LogP contribution is -2.49. The average molecular weight is 408 g/mol. The van der Waals surface area contributed by atoms with E-state index in [-0.39, 0.29) is 11.1 Å². The number of ether oxygens (including phenoxy) is 1. The molecule has 7 nitrogen and oxygen atoms in total. The van der Waals surface area contributed by atoms with Gasteiger partial charge in [0.05, 0.1) is 11.1 Å². The van der Waals surface area contributed by atoms with Gasteiger partial charge in [-0.15, -0.1) is 0 Å². The molecule has 2 atom stereocenters. The number of esters is 1. The van der Waals surface area contributed by atoms with Crippen molar-refractivity contribution in [3.8, 4) is 0 Å². The molecule has 1 aliphatic rings. The summed E-state index contributed by atoms with van der Waals surface area (Å²) < 4.78 is 5.61. The van der Waals surface area contributed by atoms with Crippen molar-refractivity contribution in [2.75, 3.05) is 14.1 Å². The molecule has 156 valence electrons. The largest absolute Gasteiger partial charge is 0.446 e. The minimum Gasteiger partial charge on any atom is -0.446 e. The number of fused-ring (bicyclic) bond motifs is 1. The highest BCUT2D eigenvalue weighted by Crippen LogP contribution is 2.29. The molecule has 2 aromatic carbocycles. The van der Waals surface area contributed by atoms with E-state index < -0.39 is 41.8 Å². The summed E-state index contributed by atoms with van der Waals surface area (Å²) in [6.45, 7) is 3.45. The Morgan fingerprint density at radius 3 is 1.83 bits per heavy atom. The van der Waals surface area contributed by atoms with Gasteiger partial charge in [0.1, 0.15) is 6.04 Å². The molecule has 1 aliphatic heterocycles. The first-order valence-corrected chi connectivity index (χ1v) is 9.67. The van der Waals surface area contributed by atoms with Gasteiger partial charge in [0.2, 0.25) is 6.10 Å². The second kappa shape index (κ2) is 8.49. The van der Waals surface area contributed by atoms with Gasteiger partial charge in [0.15, 0.2) is 0 Å². The van der Waals surface area contributed by atoms with E-state index in [0.717, 1.165) is 4.90 Å². The fourth-order valence-corrected chi connectivity index (χ4v) is 3.45. The Hall–Kier alpha value is -3.48. The van der Waals surface area contributed by atoms with Crippen LogP contribution >= 0.6 is 0 Å². The standard InChI is InChI=1S/C23H24N2O5/c1-14(2)18(25-20(26)16-12-8-9-13-17(16)21(25)27)23(29)30-19(22(28)24(3)4)15-10-6-5-7-11-15/h5-14,18-19H,1-4H3/t18-,19+/m1/s1. The number of carbonyl (C=O) groups is 4. The second-order valence-corrected chi connectivity index (χ2v) is 7.68. The summed E-state index contributed by atoms with van der Waals surface area (Å²) in [5.41, 5.74) is 1.02. The third-order valence-electron chi connectivity index (χ3n) is 4.98. The Balaban J connectivity index is 1.93. The van der Waals surface area contributed by atoms with E-state index in [4.69, 9.17) is 4.74 Å². The topological polar surface area (TPSA) is 84.0 Å². The molecule has 0 spiro atoms. The predicted molar refractivity (Wildman–Crippen MR) is 110 cm³/mol. The van der Waals surface area contributed by atoms with Crippen LogP contribution in [0.15, 0.2) is 54.6 Å². The molecule has 0 saturated carbocycles. The molecule has 3 rings (SSSR count). The minimum absolute atomic E-state index is 0.255. The highest BCUT2D eigenvalue weighted by molar-refractivity contribution is 6.22. The number of rotatable bonds is 6. The van der Waals surface area contributed by atoms with Crippen LogP contribution in [0.4, 0.5) is 0 Å². The molecule has 0 saturated heterocycles. The number of imide groups is 1. The predicted octanol–water partition coefficient (Wildman–Crippen LogP) is 2.68. The molecule has 3 amide bonds. The molecule has 0 aliphatic carbocycles. The van der Waals surface area contributed by atoms with Crippen LogP contribution in [0, 0.1) is 5.92 Å². The van der Waals surface area contributed by atoms with Gasteiger partial charge in [-0.3, -0.25) is 19.3 Å². The monoisotopic (exact) mass is 408 g/mol. The van der Waals surface area contributed by atoms with E-state index in [9.17, 15) is 19.2 Å². The van der Waals surface area contributed by atoms with Crippen molar-refractivity contribution < 1.29 is 23.9 Å². The summed E-state index contributed by atoms with van der Waals surface area (Å²) in [5, 5.41) is 0. The van der Waals surface area contributed by atoms with E-state index in [0.29, 0.717) is 5.56 Å². The van der Waals surface area contributed by atoms with Crippen molar-refractivity contribution in [3.05, 3.63) is 71.3 Å². The van der Waals surface area contributed by atoms with Crippen molar-refractivity contribution >= 4 is 23.7 Å². The van der Waals surface area contributed by atoms with Crippen LogP contribution in [0.1, 0.15) is 46.2 Å². The lowest BCUT2D eigenvalue weighted by atomic mass is 10.0. The van der Waals surface area contributed by atoms with Crippen molar-refractivity contribution in [1.82, 2.24) is 9.80 Å². The van der Waals surface area contributed by atoms with Crippen molar-refractivity contribution in [2.24, 2.45) is 5.92 Å². The second-order valence-electron chi connectivity index (χ2n) is 7.68. The highest BCUT2D eigenvalue weighted by atomic mass is 16.6. The van der Waals surface area contributed by atoms with Gasteiger partial charge >= 0.3 is 5.97 Å². The first-order valence-electron chi connectivity index (χ1n) is 9.67. The zero-order valence-corrected chi connectivity index (χ0v) is 17.4. The van der Waals surface area contributed by atoms with Gasteiger partial charge in [-0.25, -0.2) is 4.79 Å². The summed E-state index contributed by atoms with van der Waals surface area (Å²) in [7, 11) is 3.13. The maximum absolute atomic E-state index is 13.2. The third kappa shape index (κ3) is 3.83. The number of carbonyl (C=O) groups excluding carboxylic acids is 4. The molecule has 0 unspecified atom stereocenters. The fraction of sp³-hybridized carbons (Fsp3) is 0.304. The third-order valence-corrected chi connectivity index (χ3v) is 4.98. The van der Waals surface area contributed by atoms with Gasteiger partial charge in [0, 0.05) is 19.7 Å². The molecule has 7 heteroatoms. The van der Waals surface area contributed by atoms with Crippen molar-refractivity contribution in [1.29, 1.82) is 0 Å². The summed E-state index contributed by atoms with van der Waals surface area (Å²) in [5.74, 6) is -2.71. The maximum atomic E-state index is 13.2. The average Bonchev–Trinajstić information content (AvgIpc) is 2.97. The molecule has 0 N–H and O–H groups in total. The first-order chi connectivity index (χ1) is 14.2. The SMILES string of the molecule is CC(C)[C@H](C(=O)O[C@H](C(=O)N(C)C)c1ccccc1)N1C(=O)c2ccccc2C1=O. The summed E-state index contributed by atoms with van der Waals surface area (Å²) in [6, 6.07) is 13.9. The van der Waals surface area contributed by atoms with Gasteiger partial charge in [-0.1, -0.05) is 56.3 Å². The lowest BCUT2D eigenvalue weighted by Gasteiger charge is -2.30. The van der Waals surface area contributed by atoms with E-state index in [1.165, 1.54) is 4.90 Å². The number of benzene rings is 2. The summed E-state index contributed by atoms with van der Waals surface area (Å²) >= 11 is 0. The van der Waals surface area contributed by atoms with Gasteiger partial charge in [-0.2, -0.15) is 0 Å². The zero-order valence-electron chi connectivity index (χ0n) is 17.4. The summed E-state index contributed by atoms with van der Waals surface area (Å²) in [6.07, 6.45) is -1.18. The highest BCUT2D eigenvalue weighted by Gasteiger charge is 2.45. The Labute approximate surface area is 175 Å². The van der Waals surface area contributed by atoms with Crippen LogP contribution < -0.4 is 0 Å². The van der Waals surface area contributed by atoms with Crippen LogP contribution in [-0.4, -0.2) is 53.6 Å². The number of hydrogen-bond donors (Lipinski definition) is 0. The number of hydrogen-bond acceptors (Lipinski definition) is 5. The molecule has 30 heavy (non-hydrogen) atoms. The zero-order chi connectivity index (χ0) is 22.0.